The molecular weight excluding hydrogens is 383 g/mol. The van der Waals surface area contributed by atoms with Gasteiger partial charge in [-0.1, -0.05) is 32.9 Å². The summed E-state index contributed by atoms with van der Waals surface area (Å²) in [4.78, 5) is 14.6. The van der Waals surface area contributed by atoms with Gasteiger partial charge in [-0.05, 0) is 44.1 Å². The van der Waals surface area contributed by atoms with Crippen LogP contribution in [0.3, 0.4) is 0 Å². The summed E-state index contributed by atoms with van der Waals surface area (Å²) >= 11 is 0. The summed E-state index contributed by atoms with van der Waals surface area (Å²) < 4.78 is 16.0. The maximum atomic E-state index is 14.2. The van der Waals surface area contributed by atoms with Crippen molar-refractivity contribution < 1.29 is 9.18 Å². The first-order valence-corrected chi connectivity index (χ1v) is 10.4. The molecule has 1 saturated heterocycles. The number of carbonyl (C=O) groups is 1. The molecule has 1 aliphatic heterocycles. The molecule has 30 heavy (non-hydrogen) atoms. The van der Waals surface area contributed by atoms with E-state index >= 15 is 0 Å². The standard InChI is InChI=1S/C22H33FN6O/c1-22(2,3)20-13-19(25-26-20)21(30)24-10-11-29-15(14-28(4)5)12-18(27-29)16-8-6-7-9-17(16)23/h6-9,12,19-20,25-26H,10-11,13-14H2,1-5H3,(H,24,30). The zero-order chi connectivity index (χ0) is 21.9. The summed E-state index contributed by atoms with van der Waals surface area (Å²) in [6.45, 7) is 8.12. The first-order chi connectivity index (χ1) is 14.1. The molecule has 0 bridgehead atoms. The number of benzene rings is 1. The number of hydrogen-bond acceptors (Lipinski definition) is 5. The van der Waals surface area contributed by atoms with Gasteiger partial charge in [-0.25, -0.2) is 9.82 Å². The Bertz CT molecular complexity index is 873. The topological polar surface area (TPSA) is 74.2 Å². The van der Waals surface area contributed by atoms with Crippen LogP contribution >= 0.6 is 0 Å². The van der Waals surface area contributed by atoms with Gasteiger partial charge in [0, 0.05) is 24.7 Å². The lowest BCUT2D eigenvalue weighted by Gasteiger charge is -2.25. The molecule has 1 aromatic carbocycles. The third kappa shape index (κ3) is 5.44. The minimum atomic E-state index is -0.292. The zero-order valence-electron chi connectivity index (χ0n) is 18.5. The molecule has 2 heterocycles. The fourth-order valence-electron chi connectivity index (χ4n) is 3.61. The molecule has 3 rings (SSSR count). The number of nitrogens with zero attached hydrogens (tertiary/aromatic N) is 3. The molecule has 1 aromatic heterocycles. The lowest BCUT2D eigenvalue weighted by molar-refractivity contribution is -0.122. The van der Waals surface area contributed by atoms with Crippen molar-refractivity contribution in [1.82, 2.24) is 30.8 Å². The van der Waals surface area contributed by atoms with E-state index in [2.05, 4.69) is 42.0 Å². The minimum Gasteiger partial charge on any atom is -0.353 e. The number of amides is 1. The molecule has 0 saturated carbocycles. The van der Waals surface area contributed by atoms with Gasteiger partial charge >= 0.3 is 0 Å². The minimum absolute atomic E-state index is 0.0232. The van der Waals surface area contributed by atoms with Crippen molar-refractivity contribution in [2.75, 3.05) is 20.6 Å². The lowest BCUT2D eigenvalue weighted by Crippen LogP contribution is -2.45. The van der Waals surface area contributed by atoms with Crippen LogP contribution in [0.2, 0.25) is 0 Å². The average molecular weight is 417 g/mol. The highest BCUT2D eigenvalue weighted by atomic mass is 19.1. The van der Waals surface area contributed by atoms with Gasteiger partial charge in [0.2, 0.25) is 5.91 Å². The Morgan fingerprint density at radius 3 is 2.67 bits per heavy atom. The SMILES string of the molecule is CN(C)Cc1cc(-c2ccccc2F)nn1CCNC(=O)C1CC(C(C)(C)C)NN1. The van der Waals surface area contributed by atoms with Crippen molar-refractivity contribution in [1.29, 1.82) is 0 Å². The molecule has 2 unspecified atom stereocenters. The Balaban J connectivity index is 1.63. The second kappa shape index (κ2) is 9.24. The van der Waals surface area contributed by atoms with E-state index in [1.807, 2.05) is 29.7 Å². The molecular formula is C22H33FN6O. The highest BCUT2D eigenvalue weighted by molar-refractivity contribution is 5.82. The molecule has 0 radical (unpaired) electrons. The van der Waals surface area contributed by atoms with Crippen molar-refractivity contribution in [2.24, 2.45) is 5.41 Å². The van der Waals surface area contributed by atoms with E-state index in [4.69, 9.17) is 0 Å². The van der Waals surface area contributed by atoms with Crippen LogP contribution in [-0.2, 0) is 17.9 Å². The fourth-order valence-corrected chi connectivity index (χ4v) is 3.61. The van der Waals surface area contributed by atoms with E-state index in [9.17, 15) is 9.18 Å². The summed E-state index contributed by atoms with van der Waals surface area (Å²) in [7, 11) is 3.96. The molecule has 8 heteroatoms. The number of hydrogen-bond donors (Lipinski definition) is 3. The Hall–Kier alpha value is -2.29. The highest BCUT2D eigenvalue weighted by Gasteiger charge is 2.35. The van der Waals surface area contributed by atoms with Crippen LogP contribution in [0, 0.1) is 11.2 Å². The third-order valence-electron chi connectivity index (χ3n) is 5.38. The predicted molar refractivity (Wildman–Crippen MR) is 116 cm³/mol. The molecule has 1 aliphatic rings. The number of aromatic nitrogens is 2. The Morgan fingerprint density at radius 1 is 1.30 bits per heavy atom. The Kier molecular flexibility index (Phi) is 6.90. The molecule has 0 spiro atoms. The summed E-state index contributed by atoms with van der Waals surface area (Å²) in [5.74, 6) is -0.315. The van der Waals surface area contributed by atoms with Crippen LogP contribution in [0.5, 0.6) is 0 Å². The zero-order valence-corrected chi connectivity index (χ0v) is 18.5. The van der Waals surface area contributed by atoms with Gasteiger partial charge < -0.3 is 10.2 Å². The average Bonchev–Trinajstić information content (AvgIpc) is 3.29. The van der Waals surface area contributed by atoms with E-state index in [1.54, 1.807) is 18.2 Å². The number of carbonyl (C=O) groups excluding carboxylic acids is 1. The highest BCUT2D eigenvalue weighted by Crippen LogP contribution is 2.25. The smallest absolute Gasteiger partial charge is 0.238 e. The Labute approximate surface area is 178 Å². The van der Waals surface area contributed by atoms with Crippen LogP contribution < -0.4 is 16.2 Å². The summed E-state index contributed by atoms with van der Waals surface area (Å²) in [6.07, 6.45) is 0.750. The van der Waals surface area contributed by atoms with Crippen LogP contribution in [0.1, 0.15) is 32.9 Å². The summed E-state index contributed by atoms with van der Waals surface area (Å²) in [5, 5.41) is 7.60. The molecule has 3 N–H and O–H groups in total. The lowest BCUT2D eigenvalue weighted by atomic mass is 9.84. The van der Waals surface area contributed by atoms with Gasteiger partial charge in [0.05, 0.1) is 17.9 Å². The van der Waals surface area contributed by atoms with E-state index < -0.39 is 0 Å². The van der Waals surface area contributed by atoms with Gasteiger partial charge in [-0.2, -0.15) is 5.10 Å². The fraction of sp³-hybridized carbons (Fsp3) is 0.545. The maximum Gasteiger partial charge on any atom is 0.238 e. The Morgan fingerprint density at radius 2 is 2.03 bits per heavy atom. The van der Waals surface area contributed by atoms with Gasteiger partial charge in [0.25, 0.3) is 0 Å². The largest absolute Gasteiger partial charge is 0.353 e. The van der Waals surface area contributed by atoms with Crippen LogP contribution in [0.15, 0.2) is 30.3 Å². The quantitative estimate of drug-likeness (QED) is 0.645. The number of nitrogens with one attached hydrogen (secondary N) is 3. The maximum absolute atomic E-state index is 14.2. The van der Waals surface area contributed by atoms with E-state index in [0.29, 0.717) is 30.9 Å². The number of halogens is 1. The van der Waals surface area contributed by atoms with Gasteiger partial charge in [0.1, 0.15) is 11.9 Å². The molecule has 164 valence electrons. The number of hydrazine groups is 1. The normalized spacial score (nSPS) is 19.4. The molecule has 7 nitrogen and oxygen atoms in total. The first-order valence-electron chi connectivity index (χ1n) is 10.4. The van der Waals surface area contributed by atoms with E-state index in [1.165, 1.54) is 6.07 Å². The second-order valence-electron chi connectivity index (χ2n) is 9.25. The summed E-state index contributed by atoms with van der Waals surface area (Å²) in [6, 6.07) is 8.55. The van der Waals surface area contributed by atoms with Gasteiger partial charge in [-0.3, -0.25) is 14.9 Å². The van der Waals surface area contributed by atoms with Crippen LogP contribution in [0.4, 0.5) is 4.39 Å². The van der Waals surface area contributed by atoms with E-state index in [0.717, 1.165) is 12.1 Å². The van der Waals surface area contributed by atoms with Crippen molar-refractivity contribution >= 4 is 5.91 Å². The van der Waals surface area contributed by atoms with E-state index in [-0.39, 0.29) is 29.2 Å². The predicted octanol–water partition coefficient (Wildman–Crippen LogP) is 2.15. The monoisotopic (exact) mass is 416 g/mol. The molecule has 1 amide bonds. The van der Waals surface area contributed by atoms with Crippen LogP contribution in [-0.4, -0.2) is 53.3 Å². The van der Waals surface area contributed by atoms with Gasteiger partial charge in [0.15, 0.2) is 0 Å². The second-order valence-corrected chi connectivity index (χ2v) is 9.25. The van der Waals surface area contributed by atoms with Crippen molar-refractivity contribution in [2.45, 2.75) is 52.4 Å². The van der Waals surface area contributed by atoms with Crippen molar-refractivity contribution in [3.05, 3.63) is 41.8 Å². The molecule has 2 aromatic rings. The molecule has 2 atom stereocenters. The van der Waals surface area contributed by atoms with Crippen molar-refractivity contribution in [3.8, 4) is 11.3 Å². The number of rotatable bonds is 7. The molecule has 1 fully saturated rings. The third-order valence-corrected chi connectivity index (χ3v) is 5.38. The van der Waals surface area contributed by atoms with Gasteiger partial charge in [-0.15, -0.1) is 0 Å². The summed E-state index contributed by atoms with van der Waals surface area (Å²) in [5.41, 5.74) is 8.46. The molecule has 0 aliphatic carbocycles. The van der Waals surface area contributed by atoms with Crippen LogP contribution in [0.25, 0.3) is 11.3 Å². The first kappa shape index (κ1) is 22.4. The van der Waals surface area contributed by atoms with Crippen molar-refractivity contribution in [3.63, 3.8) is 0 Å².